The molecule has 1 aliphatic heterocycles. The minimum atomic E-state index is -1.13. The molecule has 32 heavy (non-hydrogen) atoms. The second kappa shape index (κ2) is 8.85. The number of halogens is 3. The Bertz CT molecular complexity index is 1230. The van der Waals surface area contributed by atoms with Crippen LogP contribution in [0.1, 0.15) is 50.6 Å². The molecule has 4 rings (SSSR count). The highest BCUT2D eigenvalue weighted by molar-refractivity contribution is 6.42. The summed E-state index contributed by atoms with van der Waals surface area (Å²) in [7, 11) is 1.74. The van der Waals surface area contributed by atoms with Gasteiger partial charge in [-0.3, -0.25) is 9.59 Å². The number of morpholine rings is 1. The average molecular weight is 477 g/mol. The summed E-state index contributed by atoms with van der Waals surface area (Å²) in [6.45, 7) is 5.18. The first kappa shape index (κ1) is 22.8. The van der Waals surface area contributed by atoms with Crippen molar-refractivity contribution in [3.63, 3.8) is 0 Å². The first-order valence-corrected chi connectivity index (χ1v) is 11.1. The molecule has 0 bridgehead atoms. The Kier molecular flexibility index (Phi) is 6.30. The van der Waals surface area contributed by atoms with Gasteiger partial charge >= 0.3 is 0 Å². The maximum atomic E-state index is 13.9. The van der Waals surface area contributed by atoms with Crippen molar-refractivity contribution in [3.05, 3.63) is 68.3 Å². The second-order valence-electron chi connectivity index (χ2n) is 7.99. The molecule has 0 N–H and O–H groups in total. The molecule has 3 aromatic rings. The summed E-state index contributed by atoms with van der Waals surface area (Å²) in [6.07, 6.45) is -1.13. The van der Waals surface area contributed by atoms with Crippen LogP contribution in [0.3, 0.4) is 0 Å². The fourth-order valence-electron chi connectivity index (χ4n) is 4.07. The number of hydrogen-bond acceptors (Lipinski definition) is 3. The van der Waals surface area contributed by atoms with Gasteiger partial charge in [-0.15, -0.1) is 0 Å². The lowest BCUT2D eigenvalue weighted by Gasteiger charge is -2.27. The van der Waals surface area contributed by atoms with E-state index in [2.05, 4.69) is 0 Å². The molecule has 8 heteroatoms. The van der Waals surface area contributed by atoms with E-state index in [1.165, 1.54) is 13.0 Å². The minimum Gasteiger partial charge on any atom is -0.378 e. The molecule has 2 heterocycles. The Hall–Kier alpha value is -2.41. The van der Waals surface area contributed by atoms with Crippen LogP contribution < -0.4 is 0 Å². The lowest BCUT2D eigenvalue weighted by molar-refractivity contribution is 0.0303. The first-order chi connectivity index (χ1) is 15.2. The molecule has 168 valence electrons. The molecule has 1 unspecified atom stereocenters. The molecule has 0 radical (unpaired) electrons. The van der Waals surface area contributed by atoms with Crippen LogP contribution in [0.15, 0.2) is 30.3 Å². The lowest BCUT2D eigenvalue weighted by atomic mass is 10.0. The summed E-state index contributed by atoms with van der Waals surface area (Å²) in [5.41, 5.74) is 2.81. The van der Waals surface area contributed by atoms with Crippen LogP contribution in [0.2, 0.25) is 10.0 Å². The van der Waals surface area contributed by atoms with E-state index in [9.17, 15) is 14.0 Å². The van der Waals surface area contributed by atoms with Gasteiger partial charge in [0, 0.05) is 31.0 Å². The number of aromatic nitrogens is 1. The van der Waals surface area contributed by atoms with Gasteiger partial charge in [-0.1, -0.05) is 29.3 Å². The van der Waals surface area contributed by atoms with E-state index >= 15 is 0 Å². The zero-order chi connectivity index (χ0) is 23.2. The highest BCUT2D eigenvalue weighted by Crippen LogP contribution is 2.34. The topological polar surface area (TPSA) is 51.5 Å². The Labute approximate surface area is 195 Å². The molecule has 0 spiro atoms. The summed E-state index contributed by atoms with van der Waals surface area (Å²) in [5.74, 6) is -0.664. The van der Waals surface area contributed by atoms with E-state index in [0.717, 1.165) is 16.5 Å². The second-order valence-corrected chi connectivity index (χ2v) is 8.78. The Morgan fingerprint density at radius 2 is 1.81 bits per heavy atom. The molecule has 0 saturated carbocycles. The molecule has 5 nitrogen and oxygen atoms in total. The third-order valence-corrected chi connectivity index (χ3v) is 6.64. The summed E-state index contributed by atoms with van der Waals surface area (Å²) >= 11 is 13.0. The predicted molar refractivity (Wildman–Crippen MR) is 124 cm³/mol. The summed E-state index contributed by atoms with van der Waals surface area (Å²) in [5, 5.41) is 1.03. The van der Waals surface area contributed by atoms with E-state index in [4.69, 9.17) is 27.9 Å². The summed E-state index contributed by atoms with van der Waals surface area (Å²) in [6, 6.07) is 8.34. The van der Waals surface area contributed by atoms with E-state index in [1.54, 1.807) is 40.8 Å². The molecule has 1 atom stereocenters. The monoisotopic (exact) mass is 476 g/mol. The van der Waals surface area contributed by atoms with Gasteiger partial charge in [-0.05, 0) is 49.2 Å². The van der Waals surface area contributed by atoms with E-state index in [-0.39, 0.29) is 27.1 Å². The number of aryl methyl sites for hydroxylation is 2. The maximum Gasteiger partial charge on any atom is 0.255 e. The molecule has 1 aromatic heterocycles. The van der Waals surface area contributed by atoms with Crippen LogP contribution >= 0.6 is 23.2 Å². The Balaban J connectivity index is 1.79. The fraction of sp³-hybridized carbons (Fsp3) is 0.333. The third-order valence-electron chi connectivity index (χ3n) is 5.93. The normalized spacial score (nSPS) is 15.2. The number of rotatable bonds is 4. The van der Waals surface area contributed by atoms with Crippen molar-refractivity contribution < 1.29 is 18.7 Å². The van der Waals surface area contributed by atoms with Gasteiger partial charge < -0.3 is 14.2 Å². The number of hydrogen-bond donors (Lipinski definition) is 0. The van der Waals surface area contributed by atoms with Crippen LogP contribution in [0, 0.1) is 6.92 Å². The summed E-state index contributed by atoms with van der Waals surface area (Å²) < 4.78 is 20.9. The quantitative estimate of drug-likeness (QED) is 0.465. The van der Waals surface area contributed by atoms with Gasteiger partial charge in [0.25, 0.3) is 5.91 Å². The first-order valence-electron chi connectivity index (χ1n) is 10.3. The van der Waals surface area contributed by atoms with Gasteiger partial charge in [0.2, 0.25) is 5.78 Å². The zero-order valence-electron chi connectivity index (χ0n) is 18.0. The van der Waals surface area contributed by atoms with Gasteiger partial charge in [0.05, 0.1) is 40.1 Å². The predicted octanol–water partition coefficient (Wildman–Crippen LogP) is 5.53. The largest absolute Gasteiger partial charge is 0.378 e. The van der Waals surface area contributed by atoms with Crippen LogP contribution in [-0.4, -0.2) is 47.5 Å². The van der Waals surface area contributed by atoms with Crippen molar-refractivity contribution in [2.75, 3.05) is 26.3 Å². The van der Waals surface area contributed by atoms with Crippen LogP contribution in [0.5, 0.6) is 0 Å². The zero-order valence-corrected chi connectivity index (χ0v) is 19.6. The molecule has 0 aliphatic carbocycles. The van der Waals surface area contributed by atoms with Crippen molar-refractivity contribution in [2.24, 2.45) is 7.05 Å². The number of nitrogens with zero attached hydrogens (tertiary/aromatic N) is 2. The van der Waals surface area contributed by atoms with Crippen molar-refractivity contribution >= 4 is 45.8 Å². The molecule has 1 aliphatic rings. The Morgan fingerprint density at radius 3 is 2.47 bits per heavy atom. The van der Waals surface area contributed by atoms with Crippen molar-refractivity contribution in [2.45, 2.75) is 20.0 Å². The number of carbonyl (C=O) groups is 2. The lowest BCUT2D eigenvalue weighted by Crippen LogP contribution is -2.40. The van der Waals surface area contributed by atoms with Crippen molar-refractivity contribution in [1.29, 1.82) is 0 Å². The maximum absolute atomic E-state index is 13.9. The number of ether oxygens (including phenoxy) is 1. The number of carbonyl (C=O) groups excluding carboxylic acids is 2. The fourth-order valence-corrected chi connectivity index (χ4v) is 4.70. The average Bonchev–Trinajstić information content (AvgIpc) is 3.11. The number of amides is 1. The highest BCUT2D eigenvalue weighted by Gasteiger charge is 2.27. The molecule has 1 amide bonds. The van der Waals surface area contributed by atoms with Gasteiger partial charge in [0.15, 0.2) is 0 Å². The van der Waals surface area contributed by atoms with Gasteiger partial charge in [-0.25, -0.2) is 4.39 Å². The van der Waals surface area contributed by atoms with Gasteiger partial charge in [-0.2, -0.15) is 0 Å². The van der Waals surface area contributed by atoms with Crippen molar-refractivity contribution in [1.82, 2.24) is 9.47 Å². The molecule has 1 fully saturated rings. The third kappa shape index (κ3) is 3.91. The van der Waals surface area contributed by atoms with Crippen LogP contribution in [0.25, 0.3) is 10.9 Å². The highest BCUT2D eigenvalue weighted by atomic mass is 35.5. The van der Waals surface area contributed by atoms with Gasteiger partial charge in [0.1, 0.15) is 6.17 Å². The smallest absolute Gasteiger partial charge is 0.255 e. The number of fused-ring (bicyclic) bond motifs is 1. The standard InChI is InChI=1S/C24H23Cl2FN2O3/c1-13-10-15(14(2)27)11-19-17(13)12-20(28(19)3)23(30)21-18(25)5-4-16(22(21)26)24(31)29-6-8-32-9-7-29/h4-5,10-12,14H,6-9H2,1-3H3. The SMILES string of the molecule is Cc1cc(C(C)F)cc2c1cc(C(=O)c1c(Cl)ccc(C(=O)N3CCOCC3)c1Cl)n2C. The number of ketones is 1. The van der Waals surface area contributed by atoms with E-state index in [0.29, 0.717) is 37.6 Å². The number of benzene rings is 2. The summed E-state index contributed by atoms with van der Waals surface area (Å²) in [4.78, 5) is 28.2. The molecular weight excluding hydrogens is 454 g/mol. The number of alkyl halides is 1. The Morgan fingerprint density at radius 1 is 1.12 bits per heavy atom. The molecular formula is C24H23Cl2FN2O3. The minimum absolute atomic E-state index is 0.0269. The van der Waals surface area contributed by atoms with E-state index in [1.807, 2.05) is 6.92 Å². The van der Waals surface area contributed by atoms with Crippen LogP contribution in [-0.2, 0) is 11.8 Å². The molecule has 2 aromatic carbocycles. The molecule has 1 saturated heterocycles. The van der Waals surface area contributed by atoms with E-state index < -0.39 is 12.0 Å². The van der Waals surface area contributed by atoms with Crippen LogP contribution in [0.4, 0.5) is 4.39 Å². The van der Waals surface area contributed by atoms with Crippen molar-refractivity contribution in [3.8, 4) is 0 Å².